The van der Waals surface area contributed by atoms with E-state index in [4.69, 9.17) is 4.74 Å². The highest BCUT2D eigenvalue weighted by Gasteiger charge is 2.12. The summed E-state index contributed by atoms with van der Waals surface area (Å²) in [6.07, 6.45) is -1.15. The average molecular weight is 260 g/mol. The third-order valence-corrected chi connectivity index (χ3v) is 2.88. The first-order valence-corrected chi connectivity index (χ1v) is 6.64. The van der Waals surface area contributed by atoms with E-state index in [9.17, 15) is 13.5 Å². The highest BCUT2D eigenvalue weighted by molar-refractivity contribution is 7.90. The molecule has 6 nitrogen and oxygen atoms in total. The summed E-state index contributed by atoms with van der Waals surface area (Å²) in [6, 6.07) is 8.46. The van der Waals surface area contributed by atoms with Gasteiger partial charge in [-0.15, -0.1) is 0 Å². The van der Waals surface area contributed by atoms with Crippen molar-refractivity contribution in [3.8, 4) is 0 Å². The van der Waals surface area contributed by atoms with Crippen LogP contribution in [0.25, 0.3) is 0 Å². The lowest BCUT2D eigenvalue weighted by molar-refractivity contribution is -0.0885. The molecule has 0 saturated carbocycles. The fraction of sp³-hybridized carbons (Fsp3) is 0.400. The molecule has 96 valence electrons. The lowest BCUT2D eigenvalue weighted by Crippen LogP contribution is -2.37. The van der Waals surface area contributed by atoms with Crippen molar-refractivity contribution in [1.82, 2.24) is 4.72 Å². The van der Waals surface area contributed by atoms with E-state index in [0.29, 0.717) is 12.3 Å². The Kier molecular flexibility index (Phi) is 5.36. The molecule has 17 heavy (non-hydrogen) atoms. The Hall–Kier alpha value is -1.15. The Morgan fingerprint density at radius 3 is 2.59 bits per heavy atom. The molecular weight excluding hydrogens is 244 g/mol. The quantitative estimate of drug-likeness (QED) is 0.615. The second-order valence-corrected chi connectivity index (χ2v) is 4.73. The molecule has 0 heterocycles. The van der Waals surface area contributed by atoms with Gasteiger partial charge in [0.25, 0.3) is 10.2 Å². The predicted octanol–water partition coefficient (Wildman–Crippen LogP) is 0.288. The van der Waals surface area contributed by atoms with Crippen LogP contribution in [0.5, 0.6) is 0 Å². The number of hydrogen-bond acceptors (Lipinski definition) is 4. The van der Waals surface area contributed by atoms with E-state index in [2.05, 4.69) is 9.44 Å². The molecule has 1 aromatic carbocycles. The first-order valence-electron chi connectivity index (χ1n) is 5.15. The highest BCUT2D eigenvalue weighted by Crippen LogP contribution is 2.06. The van der Waals surface area contributed by atoms with Crippen molar-refractivity contribution in [2.75, 3.05) is 17.9 Å². The van der Waals surface area contributed by atoms with Gasteiger partial charge in [0, 0.05) is 12.3 Å². The van der Waals surface area contributed by atoms with Crippen LogP contribution in [0.4, 0.5) is 5.69 Å². The second kappa shape index (κ2) is 6.55. The summed E-state index contributed by atoms with van der Waals surface area (Å²) in [4.78, 5) is 0. The summed E-state index contributed by atoms with van der Waals surface area (Å²) in [5.74, 6) is 0. The SMILES string of the molecule is CCOC(O)CNS(=O)(=O)Nc1ccccc1. The largest absolute Gasteiger partial charge is 0.367 e. The summed E-state index contributed by atoms with van der Waals surface area (Å²) < 4.78 is 32.3. The Morgan fingerprint density at radius 2 is 2.00 bits per heavy atom. The van der Waals surface area contributed by atoms with E-state index in [-0.39, 0.29) is 6.54 Å². The van der Waals surface area contributed by atoms with Crippen molar-refractivity contribution in [2.45, 2.75) is 13.2 Å². The Morgan fingerprint density at radius 1 is 1.35 bits per heavy atom. The molecule has 0 bridgehead atoms. The van der Waals surface area contributed by atoms with Gasteiger partial charge in [-0.2, -0.15) is 13.1 Å². The first kappa shape index (κ1) is 13.9. The molecule has 0 saturated heterocycles. The molecule has 0 aromatic heterocycles. The summed E-state index contributed by atoms with van der Waals surface area (Å²) in [6.45, 7) is 1.82. The van der Waals surface area contributed by atoms with Crippen LogP contribution >= 0.6 is 0 Å². The summed E-state index contributed by atoms with van der Waals surface area (Å²) >= 11 is 0. The fourth-order valence-corrected chi connectivity index (χ4v) is 2.01. The van der Waals surface area contributed by atoms with Gasteiger partial charge in [0.15, 0.2) is 6.29 Å². The smallest absolute Gasteiger partial charge is 0.299 e. The van der Waals surface area contributed by atoms with Crippen LogP contribution in [-0.4, -0.2) is 33.0 Å². The number of hydrogen-bond donors (Lipinski definition) is 3. The number of para-hydroxylation sites is 1. The van der Waals surface area contributed by atoms with Crippen molar-refractivity contribution in [2.24, 2.45) is 0 Å². The second-order valence-electron chi connectivity index (χ2n) is 3.23. The van der Waals surface area contributed by atoms with E-state index >= 15 is 0 Å². The molecular formula is C10H16N2O4S. The molecule has 0 aliphatic heterocycles. The van der Waals surface area contributed by atoms with E-state index in [0.717, 1.165) is 0 Å². The van der Waals surface area contributed by atoms with E-state index in [1.54, 1.807) is 37.3 Å². The first-order chi connectivity index (χ1) is 8.03. The lowest BCUT2D eigenvalue weighted by Gasteiger charge is -2.13. The van der Waals surface area contributed by atoms with Crippen molar-refractivity contribution >= 4 is 15.9 Å². The summed E-state index contributed by atoms with van der Waals surface area (Å²) in [5, 5.41) is 9.20. The van der Waals surface area contributed by atoms with Crippen LogP contribution in [0, 0.1) is 0 Å². The van der Waals surface area contributed by atoms with Crippen molar-refractivity contribution in [3.63, 3.8) is 0 Å². The van der Waals surface area contributed by atoms with Gasteiger partial charge in [0.2, 0.25) is 0 Å². The molecule has 1 rings (SSSR count). The molecule has 0 spiro atoms. The van der Waals surface area contributed by atoms with Gasteiger partial charge in [-0.1, -0.05) is 18.2 Å². The Balaban J connectivity index is 2.47. The lowest BCUT2D eigenvalue weighted by atomic mass is 10.3. The summed E-state index contributed by atoms with van der Waals surface area (Å²) in [7, 11) is -3.69. The Labute approximate surface area is 101 Å². The molecule has 7 heteroatoms. The minimum Gasteiger partial charge on any atom is -0.367 e. The van der Waals surface area contributed by atoms with Crippen LogP contribution in [0.15, 0.2) is 30.3 Å². The molecule has 3 N–H and O–H groups in total. The van der Waals surface area contributed by atoms with Gasteiger partial charge >= 0.3 is 0 Å². The third kappa shape index (κ3) is 5.64. The maximum Gasteiger partial charge on any atom is 0.299 e. The van der Waals surface area contributed by atoms with Crippen molar-refractivity contribution in [3.05, 3.63) is 30.3 Å². The zero-order valence-electron chi connectivity index (χ0n) is 9.46. The van der Waals surface area contributed by atoms with Gasteiger partial charge in [0.05, 0.1) is 6.54 Å². The van der Waals surface area contributed by atoms with Crippen molar-refractivity contribution < 1.29 is 18.3 Å². The highest BCUT2D eigenvalue weighted by atomic mass is 32.2. The van der Waals surface area contributed by atoms with Crippen LogP contribution < -0.4 is 9.44 Å². The topological polar surface area (TPSA) is 87.7 Å². The third-order valence-electron chi connectivity index (χ3n) is 1.83. The molecule has 0 amide bonds. The van der Waals surface area contributed by atoms with Gasteiger partial charge in [0.1, 0.15) is 0 Å². The maximum absolute atomic E-state index is 11.5. The number of aliphatic hydroxyl groups excluding tert-OH is 1. The molecule has 0 radical (unpaired) electrons. The van der Waals surface area contributed by atoms with Crippen LogP contribution in [0.3, 0.4) is 0 Å². The van der Waals surface area contributed by atoms with Gasteiger partial charge in [-0.3, -0.25) is 4.72 Å². The maximum atomic E-state index is 11.5. The molecule has 1 atom stereocenters. The Bertz CT molecular complexity index is 421. The van der Waals surface area contributed by atoms with Crippen LogP contribution in [-0.2, 0) is 14.9 Å². The predicted molar refractivity (Wildman–Crippen MR) is 64.6 cm³/mol. The standard InChI is InChI=1S/C10H16N2O4S/c1-2-16-10(13)8-11-17(14,15)12-9-6-4-3-5-7-9/h3-7,10-13H,2,8H2,1H3. The molecule has 0 aliphatic carbocycles. The van der Waals surface area contributed by atoms with Gasteiger partial charge in [-0.05, 0) is 19.1 Å². The number of rotatable bonds is 7. The van der Waals surface area contributed by atoms with Crippen LogP contribution in [0.2, 0.25) is 0 Å². The number of nitrogens with one attached hydrogen (secondary N) is 2. The number of anilines is 1. The molecule has 1 aromatic rings. The van der Waals surface area contributed by atoms with Crippen molar-refractivity contribution in [1.29, 1.82) is 0 Å². The minimum absolute atomic E-state index is 0.198. The molecule has 0 fully saturated rings. The normalized spacial score (nSPS) is 13.3. The summed E-state index contributed by atoms with van der Waals surface area (Å²) in [5.41, 5.74) is 0.450. The van der Waals surface area contributed by atoms with E-state index < -0.39 is 16.5 Å². The van der Waals surface area contributed by atoms with E-state index in [1.807, 2.05) is 0 Å². The molecule has 0 aliphatic rings. The average Bonchev–Trinajstić information content (AvgIpc) is 2.28. The zero-order chi connectivity index (χ0) is 12.7. The zero-order valence-corrected chi connectivity index (χ0v) is 10.3. The van der Waals surface area contributed by atoms with Gasteiger partial charge in [-0.25, -0.2) is 0 Å². The fourth-order valence-electron chi connectivity index (χ4n) is 1.13. The molecule has 1 unspecified atom stereocenters. The number of aliphatic hydroxyl groups is 1. The monoisotopic (exact) mass is 260 g/mol. The van der Waals surface area contributed by atoms with E-state index in [1.165, 1.54) is 0 Å². The van der Waals surface area contributed by atoms with Gasteiger partial charge < -0.3 is 9.84 Å². The number of benzene rings is 1. The van der Waals surface area contributed by atoms with Crippen LogP contribution in [0.1, 0.15) is 6.92 Å². The number of ether oxygens (including phenoxy) is 1. The minimum atomic E-state index is -3.69.